The first-order valence-electron chi connectivity index (χ1n) is 8.57. The predicted molar refractivity (Wildman–Crippen MR) is 97.0 cm³/mol. The van der Waals surface area contributed by atoms with Gasteiger partial charge in [0.2, 0.25) is 11.8 Å². The van der Waals surface area contributed by atoms with E-state index in [4.69, 9.17) is 5.73 Å². The van der Waals surface area contributed by atoms with E-state index in [1.54, 1.807) is 4.90 Å². The fraction of sp³-hybridized carbons (Fsp3) is 0.625. The van der Waals surface area contributed by atoms with Crippen molar-refractivity contribution in [1.82, 2.24) is 19.6 Å². The number of carbonyl (C=O) groups excluding carboxylic acids is 2. The van der Waals surface area contributed by atoms with Crippen molar-refractivity contribution in [3.63, 3.8) is 0 Å². The first kappa shape index (κ1) is 20.2. The largest absolute Gasteiger partial charge is 0.341 e. The molecule has 3 N–H and O–H groups in total. The zero-order valence-electron chi connectivity index (χ0n) is 14.4. The van der Waals surface area contributed by atoms with E-state index < -0.39 is 11.1 Å². The number of likely N-dealkylation sites (tertiary alicyclic amines) is 2. The molecule has 1 aromatic rings. The number of halogens is 1. The molecule has 2 aliphatic rings. The maximum Gasteiger partial charge on any atom is 0.265 e. The molecule has 2 aliphatic heterocycles. The molecule has 10 heteroatoms. The monoisotopic (exact) mass is 385 g/mol. The van der Waals surface area contributed by atoms with Crippen molar-refractivity contribution in [3.05, 3.63) is 32.8 Å². The third kappa shape index (κ3) is 4.16. The number of fused-ring (bicyclic) bond motifs is 1. The van der Waals surface area contributed by atoms with Crippen molar-refractivity contribution in [3.8, 4) is 0 Å². The van der Waals surface area contributed by atoms with Crippen molar-refractivity contribution < 1.29 is 9.59 Å². The summed E-state index contributed by atoms with van der Waals surface area (Å²) in [4.78, 5) is 51.2. The lowest BCUT2D eigenvalue weighted by atomic mass is 9.83. The van der Waals surface area contributed by atoms with Crippen molar-refractivity contribution in [2.45, 2.75) is 31.8 Å². The lowest BCUT2D eigenvalue weighted by Gasteiger charge is -2.47. The van der Waals surface area contributed by atoms with E-state index in [0.717, 1.165) is 23.2 Å². The van der Waals surface area contributed by atoms with Gasteiger partial charge in [0.15, 0.2) is 0 Å². The number of nitrogens with zero attached hydrogens (tertiary/aromatic N) is 3. The summed E-state index contributed by atoms with van der Waals surface area (Å²) in [7, 11) is 0. The van der Waals surface area contributed by atoms with Crippen LogP contribution in [-0.2, 0) is 16.1 Å². The Morgan fingerprint density at radius 2 is 2.00 bits per heavy atom. The summed E-state index contributed by atoms with van der Waals surface area (Å²) in [6, 6.07) is 2.42. The van der Waals surface area contributed by atoms with Crippen LogP contribution in [0, 0.1) is 5.92 Å². The summed E-state index contributed by atoms with van der Waals surface area (Å²) in [5.74, 6) is 0.165. The number of hydrogen-bond donors (Lipinski definition) is 2. The second kappa shape index (κ2) is 8.50. The average Bonchev–Trinajstić information content (AvgIpc) is 2.60. The summed E-state index contributed by atoms with van der Waals surface area (Å²) >= 11 is 0. The number of nitrogens with one attached hydrogen (secondary N) is 1. The first-order chi connectivity index (χ1) is 12.0. The van der Waals surface area contributed by atoms with E-state index in [1.165, 1.54) is 0 Å². The molecule has 0 aromatic carbocycles. The fourth-order valence-corrected chi connectivity index (χ4v) is 3.82. The van der Waals surface area contributed by atoms with Crippen LogP contribution in [0.15, 0.2) is 21.7 Å². The van der Waals surface area contributed by atoms with Crippen LogP contribution in [0.5, 0.6) is 0 Å². The maximum absolute atomic E-state index is 12.5. The highest BCUT2D eigenvalue weighted by Gasteiger charge is 2.39. The molecule has 0 aliphatic carbocycles. The van der Waals surface area contributed by atoms with Gasteiger partial charge in [0.25, 0.3) is 11.1 Å². The molecule has 2 amide bonds. The van der Waals surface area contributed by atoms with E-state index >= 15 is 0 Å². The average molecular weight is 386 g/mol. The Hall–Kier alpha value is -2.13. The molecule has 0 spiro atoms. The van der Waals surface area contributed by atoms with Gasteiger partial charge in [0, 0.05) is 50.8 Å². The third-order valence-electron chi connectivity index (χ3n) is 5.05. The van der Waals surface area contributed by atoms with Crippen LogP contribution < -0.4 is 16.9 Å². The topological polar surface area (TPSA) is 121 Å². The summed E-state index contributed by atoms with van der Waals surface area (Å²) in [6.07, 6.45) is 1.95. The SMILES string of the molecule is Cl.NCCN1C(=O)CC[C@H]2CN(C(=O)Cn3[nH]c(=O)ccc3=O)CC[C@H]21. The Kier molecular flexibility index (Phi) is 6.60. The number of nitrogens with two attached hydrogens (primary N) is 1. The minimum Gasteiger partial charge on any atom is -0.341 e. The van der Waals surface area contributed by atoms with Crippen LogP contribution in [0.4, 0.5) is 0 Å². The molecule has 26 heavy (non-hydrogen) atoms. The molecule has 2 fully saturated rings. The van der Waals surface area contributed by atoms with Gasteiger partial charge in [-0.15, -0.1) is 12.4 Å². The number of rotatable bonds is 4. The quantitative estimate of drug-likeness (QED) is 0.671. The summed E-state index contributed by atoms with van der Waals surface area (Å²) in [5.41, 5.74) is 4.77. The number of piperidine rings is 2. The highest BCUT2D eigenvalue weighted by Crippen LogP contribution is 2.31. The predicted octanol–water partition coefficient (Wildman–Crippen LogP) is -1.24. The highest BCUT2D eigenvalue weighted by atomic mass is 35.5. The van der Waals surface area contributed by atoms with Gasteiger partial charge in [-0.1, -0.05) is 0 Å². The van der Waals surface area contributed by atoms with E-state index in [-0.39, 0.29) is 42.7 Å². The fourth-order valence-electron chi connectivity index (χ4n) is 3.82. The molecule has 1 aromatic heterocycles. The molecule has 0 unspecified atom stereocenters. The normalized spacial score (nSPS) is 22.6. The van der Waals surface area contributed by atoms with Crippen LogP contribution in [0.2, 0.25) is 0 Å². The lowest BCUT2D eigenvalue weighted by molar-refractivity contribution is -0.144. The van der Waals surface area contributed by atoms with Crippen LogP contribution in [-0.4, -0.2) is 63.6 Å². The maximum atomic E-state index is 12.5. The number of aromatic amines is 1. The van der Waals surface area contributed by atoms with Gasteiger partial charge < -0.3 is 15.5 Å². The van der Waals surface area contributed by atoms with Gasteiger partial charge in [-0.3, -0.25) is 24.3 Å². The number of H-pyrrole nitrogens is 1. The van der Waals surface area contributed by atoms with Crippen molar-refractivity contribution in [2.24, 2.45) is 11.7 Å². The lowest BCUT2D eigenvalue weighted by Crippen LogP contribution is -2.58. The van der Waals surface area contributed by atoms with E-state index in [1.807, 2.05) is 4.90 Å². The molecule has 0 radical (unpaired) electrons. The number of amides is 2. The van der Waals surface area contributed by atoms with Gasteiger partial charge in [-0.2, -0.15) is 0 Å². The molecule has 2 atom stereocenters. The number of aromatic nitrogens is 2. The Morgan fingerprint density at radius 1 is 1.23 bits per heavy atom. The molecule has 9 nitrogen and oxygen atoms in total. The van der Waals surface area contributed by atoms with E-state index in [2.05, 4.69) is 5.10 Å². The van der Waals surface area contributed by atoms with Gasteiger partial charge >= 0.3 is 0 Å². The Morgan fingerprint density at radius 3 is 2.73 bits per heavy atom. The summed E-state index contributed by atoms with van der Waals surface area (Å²) in [6.45, 7) is 1.89. The van der Waals surface area contributed by atoms with Crippen LogP contribution in [0.1, 0.15) is 19.3 Å². The smallest absolute Gasteiger partial charge is 0.265 e. The van der Waals surface area contributed by atoms with Crippen LogP contribution in [0.25, 0.3) is 0 Å². The van der Waals surface area contributed by atoms with Gasteiger partial charge in [0.05, 0.1) is 0 Å². The molecule has 3 heterocycles. The minimum atomic E-state index is -0.422. The van der Waals surface area contributed by atoms with Gasteiger partial charge in [-0.05, 0) is 18.8 Å². The second-order valence-corrected chi connectivity index (χ2v) is 6.60. The summed E-state index contributed by atoms with van der Waals surface area (Å²) in [5, 5.41) is 2.37. The molecule has 0 saturated carbocycles. The number of hydrogen-bond acceptors (Lipinski definition) is 5. The molecule has 2 saturated heterocycles. The zero-order chi connectivity index (χ0) is 18.0. The minimum absolute atomic E-state index is 0. The van der Waals surface area contributed by atoms with Crippen molar-refractivity contribution in [2.75, 3.05) is 26.2 Å². The van der Waals surface area contributed by atoms with Gasteiger partial charge in [0.1, 0.15) is 6.54 Å². The van der Waals surface area contributed by atoms with Gasteiger partial charge in [-0.25, -0.2) is 4.68 Å². The second-order valence-electron chi connectivity index (χ2n) is 6.60. The van der Waals surface area contributed by atoms with Crippen molar-refractivity contribution in [1.29, 1.82) is 0 Å². The molecule has 144 valence electrons. The number of carbonyl (C=O) groups is 2. The van der Waals surface area contributed by atoms with Crippen molar-refractivity contribution >= 4 is 24.2 Å². The molecule has 3 rings (SSSR count). The Bertz CT molecular complexity index is 776. The standard InChI is InChI=1S/C16H23N5O4.ClH/c17-6-8-20-12-5-7-19(9-11(12)1-3-14(20)23)16(25)10-21-15(24)4-2-13(22)18-21;/h2,4,11-12H,1,3,5-10,17H2,(H,18,22);1H/t11-,12+;/m0./s1. The third-order valence-corrected chi connectivity index (χ3v) is 5.05. The summed E-state index contributed by atoms with van der Waals surface area (Å²) < 4.78 is 1.03. The van der Waals surface area contributed by atoms with E-state index in [0.29, 0.717) is 39.0 Å². The zero-order valence-corrected chi connectivity index (χ0v) is 15.2. The molecule has 0 bridgehead atoms. The van der Waals surface area contributed by atoms with Crippen LogP contribution >= 0.6 is 12.4 Å². The van der Waals surface area contributed by atoms with E-state index in [9.17, 15) is 19.2 Å². The Labute approximate surface area is 156 Å². The molecular formula is C16H24ClN5O4. The van der Waals surface area contributed by atoms with Crippen LogP contribution in [0.3, 0.4) is 0 Å². The Balaban J connectivity index is 0.00000243. The molecular weight excluding hydrogens is 362 g/mol. The highest BCUT2D eigenvalue weighted by molar-refractivity contribution is 5.85. The first-order valence-corrected chi connectivity index (χ1v) is 8.57.